The molecular formula is C9H15ClN4O2. The van der Waals surface area contributed by atoms with Crippen LogP contribution in [-0.2, 0) is 0 Å². The van der Waals surface area contributed by atoms with E-state index in [0.29, 0.717) is 0 Å². The molecule has 1 saturated carbocycles. The molecule has 0 aliphatic heterocycles. The summed E-state index contributed by atoms with van der Waals surface area (Å²) in [6.45, 7) is 0. The first-order chi connectivity index (χ1) is 7.18. The van der Waals surface area contributed by atoms with Crippen LogP contribution in [0.1, 0.15) is 42.2 Å². The van der Waals surface area contributed by atoms with Gasteiger partial charge in [0.05, 0.1) is 12.2 Å². The normalized spacial score (nSPS) is 24.8. The molecule has 0 saturated heterocycles. The zero-order valence-corrected chi connectivity index (χ0v) is 9.56. The first-order valence-corrected chi connectivity index (χ1v) is 5.09. The molecule has 1 fully saturated rings. The summed E-state index contributed by atoms with van der Waals surface area (Å²) >= 11 is 0. The summed E-state index contributed by atoms with van der Waals surface area (Å²) < 4.78 is 1.59. The molecule has 3 N–H and O–H groups in total. The quantitative estimate of drug-likeness (QED) is 0.807. The number of carboxylic acid groups (broad SMARTS) is 1. The van der Waals surface area contributed by atoms with E-state index in [2.05, 4.69) is 10.3 Å². The summed E-state index contributed by atoms with van der Waals surface area (Å²) in [5.74, 6) is -1.05. The van der Waals surface area contributed by atoms with Crippen molar-refractivity contribution in [3.05, 3.63) is 11.9 Å². The molecule has 1 aromatic rings. The Morgan fingerprint density at radius 2 is 2.19 bits per heavy atom. The van der Waals surface area contributed by atoms with Crippen LogP contribution in [0.3, 0.4) is 0 Å². The summed E-state index contributed by atoms with van der Waals surface area (Å²) in [7, 11) is 0. The van der Waals surface area contributed by atoms with Crippen molar-refractivity contribution < 1.29 is 9.90 Å². The van der Waals surface area contributed by atoms with E-state index in [1.807, 2.05) is 0 Å². The van der Waals surface area contributed by atoms with Gasteiger partial charge in [0.2, 0.25) is 0 Å². The Bertz CT molecular complexity index is 368. The SMILES string of the molecule is Cl.N[C@@H]1CCCC[C@@H]1n1cc(C(=O)O)nn1. The average Bonchev–Trinajstić information content (AvgIpc) is 2.67. The fourth-order valence-corrected chi connectivity index (χ4v) is 2.01. The van der Waals surface area contributed by atoms with Crippen molar-refractivity contribution >= 4 is 18.4 Å². The van der Waals surface area contributed by atoms with Gasteiger partial charge in [0, 0.05) is 6.04 Å². The number of rotatable bonds is 2. The molecule has 2 atom stereocenters. The minimum absolute atomic E-state index is 0. The largest absolute Gasteiger partial charge is 0.476 e. The molecule has 0 spiro atoms. The average molecular weight is 247 g/mol. The Hall–Kier alpha value is -1.14. The van der Waals surface area contributed by atoms with Crippen molar-refractivity contribution in [2.45, 2.75) is 37.8 Å². The van der Waals surface area contributed by atoms with Crippen LogP contribution in [0.25, 0.3) is 0 Å². The molecule has 0 unspecified atom stereocenters. The van der Waals surface area contributed by atoms with Crippen molar-refractivity contribution in [3.8, 4) is 0 Å². The van der Waals surface area contributed by atoms with Gasteiger partial charge >= 0.3 is 5.97 Å². The standard InChI is InChI=1S/C9H14N4O2.ClH/c10-6-3-1-2-4-8(6)13-5-7(9(14)15)11-12-13;/h5-6,8H,1-4,10H2,(H,14,15);1H/t6-,8+;/m1./s1. The Labute approximate surface area is 99.2 Å². The number of nitrogens with two attached hydrogens (primary N) is 1. The van der Waals surface area contributed by atoms with E-state index in [1.54, 1.807) is 4.68 Å². The predicted octanol–water partition coefficient (Wildman–Crippen LogP) is 0.840. The van der Waals surface area contributed by atoms with Crippen molar-refractivity contribution in [2.24, 2.45) is 5.73 Å². The number of hydrogen-bond donors (Lipinski definition) is 2. The number of aromatic carboxylic acids is 1. The molecule has 0 bridgehead atoms. The van der Waals surface area contributed by atoms with Crippen LogP contribution in [0.4, 0.5) is 0 Å². The lowest BCUT2D eigenvalue weighted by molar-refractivity contribution is 0.0690. The Morgan fingerprint density at radius 1 is 1.50 bits per heavy atom. The van der Waals surface area contributed by atoms with Crippen molar-refractivity contribution in [3.63, 3.8) is 0 Å². The van der Waals surface area contributed by atoms with Crippen LogP contribution in [0, 0.1) is 0 Å². The van der Waals surface area contributed by atoms with Crippen LogP contribution in [0.15, 0.2) is 6.20 Å². The van der Waals surface area contributed by atoms with E-state index in [0.717, 1.165) is 25.7 Å². The molecule has 2 rings (SSSR count). The number of nitrogens with zero attached hydrogens (tertiary/aromatic N) is 3. The van der Waals surface area contributed by atoms with Gasteiger partial charge in [-0.1, -0.05) is 18.1 Å². The molecular weight excluding hydrogens is 232 g/mol. The maximum Gasteiger partial charge on any atom is 0.358 e. The first kappa shape index (κ1) is 12.9. The van der Waals surface area contributed by atoms with E-state index in [9.17, 15) is 4.79 Å². The lowest BCUT2D eigenvalue weighted by atomic mass is 9.91. The minimum Gasteiger partial charge on any atom is -0.476 e. The molecule has 0 amide bonds. The molecule has 1 aliphatic rings. The predicted molar refractivity (Wildman–Crippen MR) is 59.7 cm³/mol. The third-order valence-electron chi connectivity index (χ3n) is 2.85. The Kier molecular flexibility index (Phi) is 4.26. The Balaban J connectivity index is 0.00000128. The second kappa shape index (κ2) is 5.27. The number of hydrogen-bond acceptors (Lipinski definition) is 4. The molecule has 1 heterocycles. The summed E-state index contributed by atoms with van der Waals surface area (Å²) in [6.07, 6.45) is 5.62. The van der Waals surface area contributed by atoms with Gasteiger partial charge in [-0.3, -0.25) is 0 Å². The number of carboxylic acids is 1. The molecule has 0 radical (unpaired) electrons. The molecule has 7 heteroatoms. The topological polar surface area (TPSA) is 94.0 Å². The summed E-state index contributed by atoms with van der Waals surface area (Å²) in [5, 5.41) is 16.1. The molecule has 6 nitrogen and oxygen atoms in total. The van der Waals surface area contributed by atoms with E-state index >= 15 is 0 Å². The highest BCUT2D eigenvalue weighted by Crippen LogP contribution is 2.26. The monoisotopic (exact) mass is 246 g/mol. The van der Waals surface area contributed by atoms with Gasteiger partial charge in [0.1, 0.15) is 0 Å². The lowest BCUT2D eigenvalue weighted by Crippen LogP contribution is -2.35. The number of halogens is 1. The first-order valence-electron chi connectivity index (χ1n) is 5.09. The van der Waals surface area contributed by atoms with E-state index in [1.165, 1.54) is 6.20 Å². The van der Waals surface area contributed by atoms with Gasteiger partial charge in [-0.15, -0.1) is 17.5 Å². The summed E-state index contributed by atoms with van der Waals surface area (Å²) in [6, 6.07) is 0.154. The van der Waals surface area contributed by atoms with Crippen molar-refractivity contribution in [1.82, 2.24) is 15.0 Å². The lowest BCUT2D eigenvalue weighted by Gasteiger charge is -2.27. The highest BCUT2D eigenvalue weighted by molar-refractivity contribution is 5.85. The van der Waals surface area contributed by atoms with Gasteiger partial charge in [-0.05, 0) is 12.8 Å². The van der Waals surface area contributed by atoms with E-state index in [-0.39, 0.29) is 30.2 Å². The van der Waals surface area contributed by atoms with Gasteiger partial charge in [0.15, 0.2) is 5.69 Å². The highest BCUT2D eigenvalue weighted by Gasteiger charge is 2.25. The number of aromatic nitrogens is 3. The van der Waals surface area contributed by atoms with Crippen LogP contribution < -0.4 is 5.73 Å². The van der Waals surface area contributed by atoms with Crippen LogP contribution in [-0.4, -0.2) is 32.1 Å². The molecule has 16 heavy (non-hydrogen) atoms. The van der Waals surface area contributed by atoms with Gasteiger partial charge < -0.3 is 10.8 Å². The molecule has 90 valence electrons. The summed E-state index contributed by atoms with van der Waals surface area (Å²) in [4.78, 5) is 10.6. The highest BCUT2D eigenvalue weighted by atomic mass is 35.5. The Morgan fingerprint density at radius 3 is 2.75 bits per heavy atom. The van der Waals surface area contributed by atoms with E-state index < -0.39 is 5.97 Å². The zero-order valence-electron chi connectivity index (χ0n) is 8.74. The van der Waals surface area contributed by atoms with Crippen LogP contribution >= 0.6 is 12.4 Å². The fraction of sp³-hybridized carbons (Fsp3) is 0.667. The van der Waals surface area contributed by atoms with E-state index in [4.69, 9.17) is 10.8 Å². The van der Waals surface area contributed by atoms with Gasteiger partial charge in [-0.2, -0.15) is 0 Å². The minimum atomic E-state index is -1.05. The maximum absolute atomic E-state index is 10.6. The second-order valence-corrected chi connectivity index (χ2v) is 3.90. The molecule has 1 aromatic heterocycles. The van der Waals surface area contributed by atoms with Gasteiger partial charge in [-0.25, -0.2) is 9.48 Å². The third kappa shape index (κ3) is 2.51. The molecule has 0 aromatic carbocycles. The van der Waals surface area contributed by atoms with Gasteiger partial charge in [0.25, 0.3) is 0 Å². The zero-order chi connectivity index (χ0) is 10.8. The van der Waals surface area contributed by atoms with Crippen molar-refractivity contribution in [1.29, 1.82) is 0 Å². The second-order valence-electron chi connectivity index (χ2n) is 3.90. The van der Waals surface area contributed by atoms with Crippen LogP contribution in [0.2, 0.25) is 0 Å². The fourth-order valence-electron chi connectivity index (χ4n) is 2.01. The maximum atomic E-state index is 10.6. The van der Waals surface area contributed by atoms with Crippen LogP contribution in [0.5, 0.6) is 0 Å². The summed E-state index contributed by atoms with van der Waals surface area (Å²) in [5.41, 5.74) is 5.94. The number of carbonyl (C=O) groups is 1. The van der Waals surface area contributed by atoms with Crippen molar-refractivity contribution in [2.75, 3.05) is 0 Å². The molecule has 1 aliphatic carbocycles. The third-order valence-corrected chi connectivity index (χ3v) is 2.85. The smallest absolute Gasteiger partial charge is 0.358 e.